The highest BCUT2D eigenvalue weighted by Gasteiger charge is 2.39. The van der Waals surface area contributed by atoms with E-state index >= 15 is 0 Å². The molecule has 0 N–H and O–H groups in total. The minimum atomic E-state index is -0.374. The molecule has 1 fully saturated rings. The van der Waals surface area contributed by atoms with Gasteiger partial charge in [0.25, 0.3) is 0 Å². The maximum Gasteiger partial charge on any atom is 0.181 e. The van der Waals surface area contributed by atoms with Crippen LogP contribution in [0.25, 0.3) is 12.2 Å². The lowest BCUT2D eigenvalue weighted by Gasteiger charge is -2.33. The van der Waals surface area contributed by atoms with Crippen molar-refractivity contribution in [1.29, 1.82) is 0 Å². The van der Waals surface area contributed by atoms with Gasteiger partial charge < -0.3 is 13.9 Å². The number of aromatic nitrogens is 1. The van der Waals surface area contributed by atoms with Crippen LogP contribution in [0.2, 0.25) is 0 Å². The molecule has 2 heterocycles. The van der Waals surface area contributed by atoms with Crippen molar-refractivity contribution in [3.05, 3.63) is 53.2 Å². The molecular weight excluding hydrogens is 266 g/mol. The topological polar surface area (TPSA) is 44.5 Å². The number of fused-ring (bicyclic) bond motifs is 1. The molecule has 1 aliphatic carbocycles. The van der Waals surface area contributed by atoms with E-state index in [9.17, 15) is 0 Å². The maximum absolute atomic E-state index is 5.83. The van der Waals surface area contributed by atoms with Crippen LogP contribution in [0.3, 0.4) is 0 Å². The average Bonchev–Trinajstić information content (AvgIpc) is 3.17. The molecule has 1 saturated heterocycles. The molecule has 0 saturated carbocycles. The summed E-state index contributed by atoms with van der Waals surface area (Å²) in [5.74, 6) is -0.374. The maximum atomic E-state index is 5.83. The number of benzene rings is 1. The summed E-state index contributed by atoms with van der Waals surface area (Å²) in [5.41, 5.74) is 4.79. The van der Waals surface area contributed by atoms with E-state index in [0.29, 0.717) is 13.2 Å². The van der Waals surface area contributed by atoms with E-state index in [1.54, 1.807) is 6.26 Å². The van der Waals surface area contributed by atoms with E-state index < -0.39 is 0 Å². The van der Waals surface area contributed by atoms with Crippen molar-refractivity contribution in [2.75, 3.05) is 13.2 Å². The Balaban J connectivity index is 1.63. The first-order chi connectivity index (χ1) is 10.3. The zero-order valence-electron chi connectivity index (χ0n) is 11.7. The Labute approximate surface area is 123 Å². The summed E-state index contributed by atoms with van der Waals surface area (Å²) in [6.45, 7) is 1.42. The molecule has 1 spiro atoms. The van der Waals surface area contributed by atoms with Crippen LogP contribution in [0, 0.1) is 0 Å². The van der Waals surface area contributed by atoms with Gasteiger partial charge in [-0.25, -0.2) is 4.98 Å². The molecule has 4 rings (SSSR count). The van der Waals surface area contributed by atoms with Gasteiger partial charge in [0.05, 0.1) is 13.2 Å². The molecule has 0 bridgehead atoms. The number of nitrogens with zero attached hydrogens (tertiary/aromatic N) is 1. The number of ether oxygens (including phenoxy) is 2. The molecule has 0 radical (unpaired) electrons. The van der Waals surface area contributed by atoms with Gasteiger partial charge in [-0.2, -0.15) is 0 Å². The van der Waals surface area contributed by atoms with Gasteiger partial charge in [0.1, 0.15) is 12.0 Å². The molecular formula is C17H17NO3. The van der Waals surface area contributed by atoms with Gasteiger partial charge in [-0.05, 0) is 29.2 Å². The van der Waals surface area contributed by atoms with Gasteiger partial charge in [-0.15, -0.1) is 0 Å². The lowest BCUT2D eigenvalue weighted by molar-refractivity contribution is -0.163. The summed E-state index contributed by atoms with van der Waals surface area (Å²) < 4.78 is 16.7. The van der Waals surface area contributed by atoms with Gasteiger partial charge in [-0.3, -0.25) is 0 Å². The van der Waals surface area contributed by atoms with E-state index in [-0.39, 0.29) is 5.79 Å². The van der Waals surface area contributed by atoms with Crippen molar-refractivity contribution in [3.63, 3.8) is 0 Å². The highest BCUT2D eigenvalue weighted by Crippen LogP contribution is 2.36. The SMILES string of the molecule is C(=C\c1cccc2c1CCC1(C2)OCCO1)/c1cocn1. The third-order valence-corrected chi connectivity index (χ3v) is 4.22. The van der Waals surface area contributed by atoms with E-state index in [0.717, 1.165) is 25.0 Å². The molecule has 108 valence electrons. The number of rotatable bonds is 2. The second kappa shape index (κ2) is 5.13. The third-order valence-electron chi connectivity index (χ3n) is 4.22. The van der Waals surface area contributed by atoms with E-state index in [4.69, 9.17) is 13.9 Å². The van der Waals surface area contributed by atoms with Gasteiger partial charge in [0.2, 0.25) is 0 Å². The summed E-state index contributed by atoms with van der Waals surface area (Å²) in [5, 5.41) is 0. The summed E-state index contributed by atoms with van der Waals surface area (Å²) in [7, 11) is 0. The first-order valence-electron chi connectivity index (χ1n) is 7.30. The second-order valence-electron chi connectivity index (χ2n) is 5.52. The molecule has 21 heavy (non-hydrogen) atoms. The lowest BCUT2D eigenvalue weighted by atomic mass is 9.84. The van der Waals surface area contributed by atoms with Crippen LogP contribution in [-0.2, 0) is 22.3 Å². The zero-order chi connectivity index (χ0) is 14.1. The first kappa shape index (κ1) is 12.8. The summed E-state index contributed by atoms with van der Waals surface area (Å²) >= 11 is 0. The molecule has 1 aromatic carbocycles. The van der Waals surface area contributed by atoms with Gasteiger partial charge >= 0.3 is 0 Å². The molecule has 1 aromatic heterocycles. The van der Waals surface area contributed by atoms with Crippen molar-refractivity contribution in [3.8, 4) is 0 Å². The molecule has 2 aromatic rings. The van der Waals surface area contributed by atoms with Crippen LogP contribution >= 0.6 is 0 Å². The Morgan fingerprint density at radius 1 is 1.14 bits per heavy atom. The molecule has 2 aliphatic rings. The molecule has 4 nitrogen and oxygen atoms in total. The fraction of sp³-hybridized carbons (Fsp3) is 0.353. The minimum absolute atomic E-state index is 0.374. The number of hydrogen-bond acceptors (Lipinski definition) is 4. The van der Waals surface area contributed by atoms with Crippen LogP contribution in [0.5, 0.6) is 0 Å². The minimum Gasteiger partial charge on any atom is -0.451 e. The standard InChI is InChI=1S/C17H17NO3/c1-2-13(4-5-15-11-19-12-18-15)16-6-7-17(10-14(16)3-1)20-8-9-21-17/h1-5,11-12H,6-10H2/b5-4+. The number of oxazole rings is 1. The average molecular weight is 283 g/mol. The Kier molecular flexibility index (Phi) is 3.13. The van der Waals surface area contributed by atoms with Crippen molar-refractivity contribution in [1.82, 2.24) is 4.98 Å². The highest BCUT2D eigenvalue weighted by molar-refractivity contribution is 5.70. The molecule has 0 unspecified atom stereocenters. The van der Waals surface area contributed by atoms with Crippen LogP contribution in [0.4, 0.5) is 0 Å². The van der Waals surface area contributed by atoms with Crippen LogP contribution in [-0.4, -0.2) is 24.0 Å². The normalized spacial score (nSPS) is 20.2. The first-order valence-corrected chi connectivity index (χ1v) is 7.30. The van der Waals surface area contributed by atoms with Gasteiger partial charge in [0, 0.05) is 12.8 Å². The number of hydrogen-bond donors (Lipinski definition) is 0. The quantitative estimate of drug-likeness (QED) is 0.849. The van der Waals surface area contributed by atoms with E-state index in [2.05, 4.69) is 29.3 Å². The summed E-state index contributed by atoms with van der Waals surface area (Å²) in [6, 6.07) is 6.41. The van der Waals surface area contributed by atoms with Crippen LogP contribution in [0.15, 0.2) is 35.3 Å². The Hall–Kier alpha value is -1.91. The molecule has 0 amide bonds. The van der Waals surface area contributed by atoms with Crippen LogP contribution in [0.1, 0.15) is 28.8 Å². The molecule has 1 aliphatic heterocycles. The summed E-state index contributed by atoms with van der Waals surface area (Å²) in [4.78, 5) is 4.11. The van der Waals surface area contributed by atoms with Crippen LogP contribution < -0.4 is 0 Å². The Morgan fingerprint density at radius 3 is 2.86 bits per heavy atom. The lowest BCUT2D eigenvalue weighted by Crippen LogP contribution is -2.37. The monoisotopic (exact) mass is 283 g/mol. The Morgan fingerprint density at radius 2 is 2.05 bits per heavy atom. The fourth-order valence-electron chi connectivity index (χ4n) is 3.20. The van der Waals surface area contributed by atoms with Crippen molar-refractivity contribution >= 4 is 12.2 Å². The molecule has 0 atom stereocenters. The predicted octanol–water partition coefficient (Wildman–Crippen LogP) is 3.08. The zero-order valence-corrected chi connectivity index (χ0v) is 11.7. The predicted molar refractivity (Wildman–Crippen MR) is 78.5 cm³/mol. The van der Waals surface area contributed by atoms with E-state index in [1.165, 1.54) is 23.1 Å². The Bertz CT molecular complexity index is 655. The van der Waals surface area contributed by atoms with E-state index in [1.807, 2.05) is 6.08 Å². The van der Waals surface area contributed by atoms with Crippen molar-refractivity contribution < 1.29 is 13.9 Å². The van der Waals surface area contributed by atoms with Crippen molar-refractivity contribution in [2.24, 2.45) is 0 Å². The van der Waals surface area contributed by atoms with Crippen molar-refractivity contribution in [2.45, 2.75) is 25.0 Å². The fourth-order valence-corrected chi connectivity index (χ4v) is 3.20. The largest absolute Gasteiger partial charge is 0.451 e. The third kappa shape index (κ3) is 2.41. The molecule has 4 heteroatoms. The van der Waals surface area contributed by atoms with Gasteiger partial charge in [0.15, 0.2) is 12.2 Å². The van der Waals surface area contributed by atoms with Gasteiger partial charge in [-0.1, -0.05) is 24.3 Å². The summed E-state index contributed by atoms with van der Waals surface area (Å²) in [6.07, 6.45) is 9.91. The highest BCUT2D eigenvalue weighted by atomic mass is 16.7. The smallest absolute Gasteiger partial charge is 0.181 e. The second-order valence-corrected chi connectivity index (χ2v) is 5.52.